The number of hydrogen-bond acceptors (Lipinski definition) is 6. The molecule has 0 bridgehead atoms. The number of unbranched alkanes of at least 4 members (excludes halogenated alkanes) is 3. The van der Waals surface area contributed by atoms with Gasteiger partial charge in [0.25, 0.3) is 5.91 Å². The molecule has 0 spiro atoms. The molecule has 3 heterocycles. The molecule has 0 aliphatic heterocycles. The SMILES string of the molecule is NCCCCCCNC(=O)c1ccc2nc3c4cccnc4c4ncccc4c3nc2c1. The highest BCUT2D eigenvalue weighted by Crippen LogP contribution is 2.31. The fraction of sp³-hybridized carbons (Fsp3) is 0.240. The van der Waals surface area contributed by atoms with Crippen molar-refractivity contribution in [1.82, 2.24) is 25.3 Å². The number of carbonyl (C=O) groups is 1. The van der Waals surface area contributed by atoms with Crippen LogP contribution in [-0.4, -0.2) is 38.9 Å². The fourth-order valence-electron chi connectivity index (χ4n) is 4.07. The van der Waals surface area contributed by atoms with Crippen molar-refractivity contribution in [3.8, 4) is 0 Å². The van der Waals surface area contributed by atoms with Crippen molar-refractivity contribution in [3.63, 3.8) is 0 Å². The Labute approximate surface area is 185 Å². The van der Waals surface area contributed by atoms with Crippen LogP contribution in [0.3, 0.4) is 0 Å². The van der Waals surface area contributed by atoms with Crippen LogP contribution in [-0.2, 0) is 0 Å². The van der Waals surface area contributed by atoms with E-state index in [4.69, 9.17) is 15.7 Å². The number of hydrogen-bond donors (Lipinski definition) is 2. The molecule has 0 unspecified atom stereocenters. The number of pyridine rings is 2. The van der Waals surface area contributed by atoms with Gasteiger partial charge in [-0.15, -0.1) is 0 Å². The minimum absolute atomic E-state index is 0.0955. The first kappa shape index (κ1) is 20.2. The molecule has 0 radical (unpaired) electrons. The van der Waals surface area contributed by atoms with E-state index in [2.05, 4.69) is 15.3 Å². The zero-order valence-corrected chi connectivity index (χ0v) is 17.7. The van der Waals surface area contributed by atoms with Crippen molar-refractivity contribution in [3.05, 3.63) is 60.4 Å². The van der Waals surface area contributed by atoms with Crippen LogP contribution in [0, 0.1) is 0 Å². The maximum atomic E-state index is 12.6. The molecule has 5 rings (SSSR count). The van der Waals surface area contributed by atoms with E-state index in [1.165, 1.54) is 0 Å². The summed E-state index contributed by atoms with van der Waals surface area (Å²) in [6.45, 7) is 1.37. The summed E-state index contributed by atoms with van der Waals surface area (Å²) in [4.78, 5) is 31.5. The van der Waals surface area contributed by atoms with Gasteiger partial charge in [0.05, 0.1) is 33.1 Å². The zero-order chi connectivity index (χ0) is 21.9. The van der Waals surface area contributed by atoms with Crippen molar-refractivity contribution in [1.29, 1.82) is 0 Å². The van der Waals surface area contributed by atoms with Crippen molar-refractivity contribution >= 4 is 49.8 Å². The van der Waals surface area contributed by atoms with E-state index in [0.29, 0.717) is 17.6 Å². The molecule has 0 saturated heterocycles. The van der Waals surface area contributed by atoms with Gasteiger partial charge in [-0.05, 0) is 61.9 Å². The Balaban J connectivity index is 1.53. The van der Waals surface area contributed by atoms with Gasteiger partial charge in [-0.25, -0.2) is 9.97 Å². The lowest BCUT2D eigenvalue weighted by Gasteiger charge is -2.10. The van der Waals surface area contributed by atoms with Crippen LogP contribution >= 0.6 is 0 Å². The number of aromatic nitrogens is 4. The third-order valence-electron chi connectivity index (χ3n) is 5.69. The standard InChI is InChI=1S/C25H24N6O/c26-11-3-1-2-4-12-29-25(32)16-9-10-19-20(15-16)31-24-18-8-6-14-28-22(18)21-17(23(24)30-19)7-5-13-27-21/h5-10,13-15H,1-4,11-12,26H2,(H,29,32). The second kappa shape index (κ2) is 8.80. The molecule has 5 aromatic rings. The molecule has 3 N–H and O–H groups in total. The molecule has 7 heteroatoms. The lowest BCUT2D eigenvalue weighted by atomic mass is 10.1. The molecule has 3 aromatic heterocycles. The normalized spacial score (nSPS) is 11.5. The monoisotopic (exact) mass is 424 g/mol. The Morgan fingerprint density at radius 1 is 0.781 bits per heavy atom. The lowest BCUT2D eigenvalue weighted by molar-refractivity contribution is 0.0953. The Hall–Kier alpha value is -3.71. The van der Waals surface area contributed by atoms with Crippen LogP contribution in [0.5, 0.6) is 0 Å². The Morgan fingerprint density at radius 3 is 2.12 bits per heavy atom. The van der Waals surface area contributed by atoms with Crippen LogP contribution < -0.4 is 11.1 Å². The Morgan fingerprint density at radius 2 is 1.44 bits per heavy atom. The first-order valence-corrected chi connectivity index (χ1v) is 11.0. The number of carbonyl (C=O) groups excluding carboxylic acids is 1. The predicted molar refractivity (Wildman–Crippen MR) is 128 cm³/mol. The molecule has 7 nitrogen and oxygen atoms in total. The largest absolute Gasteiger partial charge is 0.352 e. The summed E-state index contributed by atoms with van der Waals surface area (Å²) in [6, 6.07) is 13.2. The maximum absolute atomic E-state index is 12.6. The fourth-order valence-corrected chi connectivity index (χ4v) is 4.07. The quantitative estimate of drug-likeness (QED) is 0.231. The van der Waals surface area contributed by atoms with Crippen LogP contribution in [0.15, 0.2) is 54.9 Å². The molecule has 0 aliphatic carbocycles. The highest BCUT2D eigenvalue weighted by atomic mass is 16.1. The highest BCUT2D eigenvalue weighted by molar-refractivity contribution is 6.21. The smallest absolute Gasteiger partial charge is 0.251 e. The number of benzene rings is 2. The van der Waals surface area contributed by atoms with Gasteiger partial charge in [0.15, 0.2) is 0 Å². The molecular formula is C25H24N6O. The average Bonchev–Trinajstić information content (AvgIpc) is 2.85. The molecule has 0 fully saturated rings. The van der Waals surface area contributed by atoms with Gasteiger partial charge in [0.1, 0.15) is 0 Å². The van der Waals surface area contributed by atoms with E-state index in [9.17, 15) is 4.79 Å². The molecule has 32 heavy (non-hydrogen) atoms. The summed E-state index contributed by atoms with van der Waals surface area (Å²) < 4.78 is 0. The van der Waals surface area contributed by atoms with E-state index in [0.717, 1.165) is 70.6 Å². The number of nitrogens with two attached hydrogens (primary N) is 1. The minimum atomic E-state index is -0.0955. The summed E-state index contributed by atoms with van der Waals surface area (Å²) in [5.41, 5.74) is 10.7. The third-order valence-corrected chi connectivity index (χ3v) is 5.69. The Kier molecular flexibility index (Phi) is 5.56. The average molecular weight is 425 g/mol. The number of rotatable bonds is 7. The highest BCUT2D eigenvalue weighted by Gasteiger charge is 2.14. The molecule has 0 saturated carbocycles. The molecule has 0 atom stereocenters. The second-order valence-electron chi connectivity index (χ2n) is 7.88. The van der Waals surface area contributed by atoms with E-state index >= 15 is 0 Å². The van der Waals surface area contributed by atoms with Gasteiger partial charge in [-0.3, -0.25) is 14.8 Å². The molecular weight excluding hydrogens is 400 g/mol. The van der Waals surface area contributed by atoms with Crippen LogP contribution in [0.2, 0.25) is 0 Å². The van der Waals surface area contributed by atoms with Crippen molar-refractivity contribution in [2.24, 2.45) is 5.73 Å². The number of amides is 1. The minimum Gasteiger partial charge on any atom is -0.352 e. The van der Waals surface area contributed by atoms with Gasteiger partial charge >= 0.3 is 0 Å². The first-order valence-electron chi connectivity index (χ1n) is 11.0. The van der Waals surface area contributed by atoms with Crippen molar-refractivity contribution in [2.75, 3.05) is 13.1 Å². The molecule has 2 aromatic carbocycles. The predicted octanol–water partition coefficient (Wildman–Crippen LogP) is 4.13. The molecule has 1 amide bonds. The lowest BCUT2D eigenvalue weighted by Crippen LogP contribution is -2.24. The van der Waals surface area contributed by atoms with Crippen LogP contribution in [0.1, 0.15) is 36.0 Å². The summed E-state index contributed by atoms with van der Waals surface area (Å²) in [7, 11) is 0. The summed E-state index contributed by atoms with van der Waals surface area (Å²) >= 11 is 0. The van der Waals surface area contributed by atoms with Gasteiger partial charge in [-0.1, -0.05) is 12.8 Å². The first-order chi connectivity index (χ1) is 15.8. The third kappa shape index (κ3) is 3.71. The van der Waals surface area contributed by atoms with Crippen molar-refractivity contribution in [2.45, 2.75) is 25.7 Å². The van der Waals surface area contributed by atoms with Crippen LogP contribution in [0.4, 0.5) is 0 Å². The summed E-state index contributed by atoms with van der Waals surface area (Å²) in [5.74, 6) is -0.0955. The summed E-state index contributed by atoms with van der Waals surface area (Å²) in [5, 5.41) is 4.81. The van der Waals surface area contributed by atoms with E-state index in [1.807, 2.05) is 30.3 Å². The van der Waals surface area contributed by atoms with Crippen LogP contribution in [0.25, 0.3) is 43.9 Å². The molecule has 160 valence electrons. The maximum Gasteiger partial charge on any atom is 0.251 e. The zero-order valence-electron chi connectivity index (χ0n) is 17.7. The number of nitrogens with one attached hydrogen (secondary N) is 1. The Bertz CT molecular complexity index is 1450. The topological polar surface area (TPSA) is 107 Å². The van der Waals surface area contributed by atoms with E-state index < -0.39 is 0 Å². The number of fused-ring (bicyclic) bond motifs is 7. The van der Waals surface area contributed by atoms with Gasteiger partial charge in [0, 0.05) is 35.3 Å². The second-order valence-corrected chi connectivity index (χ2v) is 7.88. The van der Waals surface area contributed by atoms with E-state index in [-0.39, 0.29) is 5.91 Å². The van der Waals surface area contributed by atoms with Gasteiger partial charge < -0.3 is 11.1 Å². The number of nitrogens with zero attached hydrogens (tertiary/aromatic N) is 4. The summed E-state index contributed by atoms with van der Waals surface area (Å²) in [6.07, 6.45) is 7.66. The van der Waals surface area contributed by atoms with Crippen molar-refractivity contribution < 1.29 is 4.79 Å². The van der Waals surface area contributed by atoms with E-state index in [1.54, 1.807) is 24.5 Å². The van der Waals surface area contributed by atoms with Gasteiger partial charge in [0.2, 0.25) is 0 Å². The molecule has 0 aliphatic rings. The van der Waals surface area contributed by atoms with Gasteiger partial charge in [-0.2, -0.15) is 0 Å².